The van der Waals surface area contributed by atoms with Crippen molar-refractivity contribution < 1.29 is 9.84 Å². The quantitative estimate of drug-likeness (QED) is 0.513. The number of benzene rings is 1. The van der Waals surface area contributed by atoms with Crippen molar-refractivity contribution in [2.75, 3.05) is 44.7 Å². The predicted octanol–water partition coefficient (Wildman–Crippen LogP) is 2.23. The van der Waals surface area contributed by atoms with E-state index in [2.05, 4.69) is 57.8 Å². The molecule has 7 heteroatoms. The molecule has 35 heavy (non-hydrogen) atoms. The number of H-pyrrole nitrogens is 1. The van der Waals surface area contributed by atoms with Crippen molar-refractivity contribution in [2.24, 2.45) is 10.9 Å². The smallest absolute Gasteiger partial charge is 0.134 e. The predicted molar refractivity (Wildman–Crippen MR) is 139 cm³/mol. The number of aromatic amines is 1. The van der Waals surface area contributed by atoms with E-state index in [9.17, 15) is 5.11 Å². The van der Waals surface area contributed by atoms with Gasteiger partial charge in [-0.3, -0.25) is 4.99 Å². The number of morpholine rings is 1. The lowest BCUT2D eigenvalue weighted by Gasteiger charge is -2.39. The summed E-state index contributed by atoms with van der Waals surface area (Å²) in [5.74, 6) is 0.594. The maximum atomic E-state index is 10.8. The van der Waals surface area contributed by atoms with E-state index in [0.717, 1.165) is 81.0 Å². The average molecular weight is 478 g/mol. The summed E-state index contributed by atoms with van der Waals surface area (Å²) in [4.78, 5) is 11.4. The molecule has 3 atom stereocenters. The topological polar surface area (TPSA) is 84.9 Å². The van der Waals surface area contributed by atoms with E-state index in [-0.39, 0.29) is 0 Å². The van der Waals surface area contributed by atoms with Gasteiger partial charge in [0.2, 0.25) is 0 Å². The van der Waals surface area contributed by atoms with E-state index >= 15 is 0 Å². The highest BCUT2D eigenvalue weighted by Crippen LogP contribution is 2.35. The van der Waals surface area contributed by atoms with E-state index in [1.807, 2.05) is 0 Å². The van der Waals surface area contributed by atoms with Crippen LogP contribution in [0.2, 0.25) is 0 Å². The van der Waals surface area contributed by atoms with Gasteiger partial charge in [-0.25, -0.2) is 0 Å². The van der Waals surface area contributed by atoms with Crippen molar-refractivity contribution in [3.63, 3.8) is 0 Å². The first kappa shape index (κ1) is 23.1. The Balaban J connectivity index is 1.27. The molecule has 4 aliphatic rings. The Labute approximate surface area is 207 Å². The number of fused-ring (bicyclic) bond motifs is 3. The SMILES string of the molecule is CCC1CN=c2[nH]c(-c3ccc(NCC4(O)CCNCC4)cc3)cc2=C(N2C3CCC2COC3)C1. The molecule has 0 amide bonds. The molecule has 0 radical (unpaired) electrons. The molecule has 188 valence electrons. The van der Waals surface area contributed by atoms with Crippen molar-refractivity contribution >= 4 is 11.4 Å². The van der Waals surface area contributed by atoms with Crippen LogP contribution in [0.1, 0.15) is 45.4 Å². The molecule has 5 heterocycles. The fourth-order valence-corrected chi connectivity index (χ4v) is 6.30. The Morgan fingerprint density at radius 3 is 2.60 bits per heavy atom. The number of anilines is 1. The van der Waals surface area contributed by atoms with Gasteiger partial charge in [-0.1, -0.05) is 25.5 Å². The van der Waals surface area contributed by atoms with E-state index in [1.165, 1.54) is 23.8 Å². The zero-order valence-corrected chi connectivity index (χ0v) is 20.9. The monoisotopic (exact) mass is 477 g/mol. The molecule has 3 unspecified atom stereocenters. The van der Waals surface area contributed by atoms with E-state index < -0.39 is 5.60 Å². The van der Waals surface area contributed by atoms with E-state index in [4.69, 9.17) is 9.73 Å². The van der Waals surface area contributed by atoms with Gasteiger partial charge in [-0.15, -0.1) is 0 Å². The largest absolute Gasteiger partial charge is 0.388 e. The first-order valence-electron chi connectivity index (χ1n) is 13.5. The maximum Gasteiger partial charge on any atom is 0.134 e. The molecule has 0 spiro atoms. The molecule has 1 aromatic heterocycles. The number of nitrogens with one attached hydrogen (secondary N) is 3. The Hall–Kier alpha value is -2.35. The molecule has 4 N–H and O–H groups in total. The van der Waals surface area contributed by atoms with Crippen molar-refractivity contribution in [1.29, 1.82) is 0 Å². The number of hydrogen-bond donors (Lipinski definition) is 4. The fraction of sp³-hybridized carbons (Fsp3) is 0.607. The van der Waals surface area contributed by atoms with Crippen LogP contribution in [0, 0.1) is 5.92 Å². The number of nitrogens with zero attached hydrogens (tertiary/aromatic N) is 2. The third-order valence-electron chi connectivity index (χ3n) is 8.58. The first-order chi connectivity index (χ1) is 17.1. The number of aliphatic hydroxyl groups is 1. The molecular weight excluding hydrogens is 438 g/mol. The van der Waals surface area contributed by atoms with Crippen LogP contribution in [-0.2, 0) is 4.74 Å². The van der Waals surface area contributed by atoms with Gasteiger partial charge >= 0.3 is 0 Å². The molecule has 2 bridgehead atoms. The number of hydrogen-bond acceptors (Lipinski definition) is 6. The molecule has 1 aromatic carbocycles. The van der Waals surface area contributed by atoms with Crippen molar-refractivity contribution in [2.45, 2.75) is 63.1 Å². The van der Waals surface area contributed by atoms with Gasteiger partial charge in [0.25, 0.3) is 0 Å². The summed E-state index contributed by atoms with van der Waals surface area (Å²) < 4.78 is 5.89. The van der Waals surface area contributed by atoms with Gasteiger partial charge in [-0.2, -0.15) is 0 Å². The second kappa shape index (κ2) is 9.60. The van der Waals surface area contributed by atoms with Gasteiger partial charge in [0.15, 0.2) is 0 Å². The molecule has 6 rings (SSSR count). The maximum absolute atomic E-state index is 10.8. The lowest BCUT2D eigenvalue weighted by Crippen LogP contribution is -2.47. The van der Waals surface area contributed by atoms with Crippen molar-refractivity contribution in [3.05, 3.63) is 41.0 Å². The van der Waals surface area contributed by atoms with Gasteiger partial charge < -0.3 is 30.4 Å². The van der Waals surface area contributed by atoms with E-state index in [1.54, 1.807) is 0 Å². The molecule has 3 fully saturated rings. The summed E-state index contributed by atoms with van der Waals surface area (Å²) in [6, 6.07) is 11.9. The molecule has 0 saturated carbocycles. The van der Waals surface area contributed by atoms with Gasteiger partial charge in [0.05, 0.1) is 30.9 Å². The first-order valence-corrected chi connectivity index (χ1v) is 13.5. The summed E-state index contributed by atoms with van der Waals surface area (Å²) in [6.45, 7) is 7.21. The summed E-state index contributed by atoms with van der Waals surface area (Å²) >= 11 is 0. The number of aromatic nitrogens is 1. The number of rotatable bonds is 6. The zero-order chi connectivity index (χ0) is 23.8. The Morgan fingerprint density at radius 1 is 1.14 bits per heavy atom. The van der Waals surface area contributed by atoms with Crippen LogP contribution in [-0.4, -0.2) is 72.1 Å². The molecule has 7 nitrogen and oxygen atoms in total. The fourth-order valence-electron chi connectivity index (χ4n) is 6.30. The third-order valence-corrected chi connectivity index (χ3v) is 8.58. The molecular formula is C28H39N5O2. The zero-order valence-electron chi connectivity index (χ0n) is 20.9. The van der Waals surface area contributed by atoms with Crippen LogP contribution >= 0.6 is 0 Å². The lowest BCUT2D eigenvalue weighted by molar-refractivity contribution is 0.0128. The second-order valence-corrected chi connectivity index (χ2v) is 10.9. The highest BCUT2D eigenvalue weighted by atomic mass is 16.5. The molecule has 0 aliphatic carbocycles. The van der Waals surface area contributed by atoms with Crippen LogP contribution < -0.4 is 21.3 Å². The van der Waals surface area contributed by atoms with Gasteiger partial charge in [-0.05, 0) is 74.9 Å². The average Bonchev–Trinajstić information content (AvgIpc) is 3.35. The van der Waals surface area contributed by atoms with E-state index in [0.29, 0.717) is 24.5 Å². The van der Waals surface area contributed by atoms with Crippen LogP contribution in [0.15, 0.2) is 35.3 Å². The summed E-state index contributed by atoms with van der Waals surface area (Å²) in [6.07, 6.45) is 6.29. The normalized spacial score (nSPS) is 27.8. The minimum Gasteiger partial charge on any atom is -0.388 e. The third kappa shape index (κ3) is 4.61. The lowest BCUT2D eigenvalue weighted by atomic mass is 9.92. The summed E-state index contributed by atoms with van der Waals surface area (Å²) in [7, 11) is 0. The van der Waals surface area contributed by atoms with Crippen LogP contribution in [0.5, 0.6) is 0 Å². The minimum absolute atomic E-state index is 0.505. The van der Waals surface area contributed by atoms with Crippen LogP contribution in [0.3, 0.4) is 0 Å². The standard InChI is InChI=1S/C28H39N5O2/c1-2-19-13-26(33-22-7-8-23(33)17-35-16-22)24-14-25(32-27(24)30-15-19)20-3-5-21(6-4-20)31-18-28(34)9-11-29-12-10-28/h3-6,14,19,22-23,29,31,34H,2,7-13,15-18H2,1H3,(H,30,32). The Kier molecular flexibility index (Phi) is 6.33. The Morgan fingerprint density at radius 2 is 1.89 bits per heavy atom. The summed E-state index contributed by atoms with van der Waals surface area (Å²) in [5.41, 5.74) is 5.21. The molecule has 4 aliphatic heterocycles. The highest BCUT2D eigenvalue weighted by molar-refractivity contribution is 5.64. The highest BCUT2D eigenvalue weighted by Gasteiger charge is 2.39. The van der Waals surface area contributed by atoms with Crippen LogP contribution in [0.25, 0.3) is 17.0 Å². The summed E-state index contributed by atoms with van der Waals surface area (Å²) in [5, 5.41) is 18.8. The minimum atomic E-state index is -0.621. The van der Waals surface area contributed by atoms with Crippen molar-refractivity contribution in [3.8, 4) is 11.3 Å². The Bertz CT molecular complexity index is 1140. The van der Waals surface area contributed by atoms with Crippen LogP contribution in [0.4, 0.5) is 5.69 Å². The second-order valence-electron chi connectivity index (χ2n) is 10.9. The number of piperidine rings is 1. The van der Waals surface area contributed by atoms with Gasteiger partial charge in [0, 0.05) is 35.4 Å². The molecule has 2 aromatic rings. The van der Waals surface area contributed by atoms with Gasteiger partial charge in [0.1, 0.15) is 5.49 Å². The number of ether oxygens (including phenoxy) is 1. The molecule has 3 saturated heterocycles. The van der Waals surface area contributed by atoms with Crippen molar-refractivity contribution in [1.82, 2.24) is 15.2 Å².